The third-order valence-electron chi connectivity index (χ3n) is 3.64. The molecule has 2 heteroatoms. The van der Waals surface area contributed by atoms with E-state index >= 15 is 0 Å². The van der Waals surface area contributed by atoms with Crippen molar-refractivity contribution in [2.75, 3.05) is 20.1 Å². The first kappa shape index (κ1) is 12.0. The number of rotatable bonds is 4. The van der Waals surface area contributed by atoms with Crippen molar-refractivity contribution in [2.24, 2.45) is 5.92 Å². The third kappa shape index (κ3) is 2.48. The van der Waals surface area contributed by atoms with Crippen molar-refractivity contribution < 1.29 is 0 Å². The van der Waals surface area contributed by atoms with Gasteiger partial charge in [0.2, 0.25) is 0 Å². The zero-order valence-corrected chi connectivity index (χ0v) is 10.4. The Labute approximate surface area is 89.1 Å². The maximum Gasteiger partial charge on any atom is 0.0159 e. The summed E-state index contributed by atoms with van der Waals surface area (Å²) in [4.78, 5) is 2.68. The first-order valence-electron chi connectivity index (χ1n) is 5.92. The smallest absolute Gasteiger partial charge is 0.0159 e. The first-order valence-corrected chi connectivity index (χ1v) is 5.92. The summed E-state index contributed by atoms with van der Waals surface area (Å²) in [7, 11) is 2.05. The Morgan fingerprint density at radius 2 is 2.14 bits per heavy atom. The predicted octanol–water partition coefficient (Wildman–Crippen LogP) is 2.10. The molecule has 2 unspecified atom stereocenters. The van der Waals surface area contributed by atoms with Crippen LogP contribution < -0.4 is 5.32 Å². The molecular formula is C12H26N2. The van der Waals surface area contributed by atoms with Gasteiger partial charge in [-0.3, -0.25) is 4.90 Å². The molecule has 1 saturated heterocycles. The van der Waals surface area contributed by atoms with Crippen LogP contribution in [0.25, 0.3) is 0 Å². The van der Waals surface area contributed by atoms with E-state index in [1.165, 1.54) is 19.4 Å². The predicted molar refractivity (Wildman–Crippen MR) is 62.6 cm³/mol. The van der Waals surface area contributed by atoms with E-state index in [1.54, 1.807) is 0 Å². The van der Waals surface area contributed by atoms with Crippen LogP contribution in [0.3, 0.4) is 0 Å². The second kappa shape index (κ2) is 4.63. The van der Waals surface area contributed by atoms with Gasteiger partial charge in [0.05, 0.1) is 0 Å². The Kier molecular flexibility index (Phi) is 3.96. The molecule has 84 valence electrons. The highest BCUT2D eigenvalue weighted by molar-refractivity contribution is 4.95. The molecule has 1 aliphatic heterocycles. The minimum Gasteiger partial charge on any atom is -0.319 e. The summed E-state index contributed by atoms with van der Waals surface area (Å²) < 4.78 is 0. The van der Waals surface area contributed by atoms with Gasteiger partial charge in [-0.05, 0) is 53.1 Å². The Morgan fingerprint density at radius 1 is 1.50 bits per heavy atom. The lowest BCUT2D eigenvalue weighted by molar-refractivity contribution is 0.121. The zero-order chi connectivity index (χ0) is 10.8. The minimum absolute atomic E-state index is 0.400. The van der Waals surface area contributed by atoms with Gasteiger partial charge in [0.1, 0.15) is 0 Å². The van der Waals surface area contributed by atoms with Crippen LogP contribution in [0.2, 0.25) is 0 Å². The lowest BCUT2D eigenvalue weighted by atomic mass is 9.96. The molecule has 14 heavy (non-hydrogen) atoms. The fourth-order valence-corrected chi connectivity index (χ4v) is 2.84. The quantitative estimate of drug-likeness (QED) is 0.744. The van der Waals surface area contributed by atoms with Crippen LogP contribution in [0.4, 0.5) is 0 Å². The summed E-state index contributed by atoms with van der Waals surface area (Å²) in [6.45, 7) is 11.8. The highest BCUT2D eigenvalue weighted by Crippen LogP contribution is 2.34. The highest BCUT2D eigenvalue weighted by atomic mass is 15.2. The van der Waals surface area contributed by atoms with Gasteiger partial charge in [0.25, 0.3) is 0 Å². The topological polar surface area (TPSA) is 15.3 Å². The van der Waals surface area contributed by atoms with E-state index in [4.69, 9.17) is 0 Å². The Balaban J connectivity index is 2.59. The zero-order valence-electron chi connectivity index (χ0n) is 10.4. The largest absolute Gasteiger partial charge is 0.319 e. The average Bonchev–Trinajstić information content (AvgIpc) is 2.40. The number of hydrogen-bond acceptors (Lipinski definition) is 2. The van der Waals surface area contributed by atoms with E-state index in [9.17, 15) is 0 Å². The van der Waals surface area contributed by atoms with Gasteiger partial charge in [-0.2, -0.15) is 0 Å². The normalized spacial score (nSPS) is 29.4. The number of hydrogen-bond donors (Lipinski definition) is 1. The number of likely N-dealkylation sites (tertiary alicyclic amines) is 1. The lowest BCUT2D eigenvalue weighted by Crippen LogP contribution is -2.43. The first-order chi connectivity index (χ1) is 6.51. The van der Waals surface area contributed by atoms with Gasteiger partial charge < -0.3 is 5.32 Å². The van der Waals surface area contributed by atoms with Crippen LogP contribution in [0.5, 0.6) is 0 Å². The van der Waals surface area contributed by atoms with Gasteiger partial charge in [0, 0.05) is 18.1 Å². The highest BCUT2D eigenvalue weighted by Gasteiger charge is 2.39. The molecule has 0 aromatic rings. The molecule has 0 spiro atoms. The van der Waals surface area contributed by atoms with Gasteiger partial charge in [-0.1, -0.05) is 6.92 Å². The molecule has 0 amide bonds. The standard InChI is InChI=1S/C12H26N2/c1-6-10(2)14-9-11(8-13-5)7-12(14,3)4/h10-11,13H,6-9H2,1-5H3. The van der Waals surface area contributed by atoms with E-state index in [1.807, 2.05) is 0 Å². The molecule has 2 atom stereocenters. The molecule has 1 rings (SSSR count). The Bertz CT molecular complexity index is 177. The van der Waals surface area contributed by atoms with Crippen molar-refractivity contribution in [3.8, 4) is 0 Å². The molecular weight excluding hydrogens is 172 g/mol. The van der Waals surface area contributed by atoms with E-state index in [-0.39, 0.29) is 0 Å². The lowest BCUT2D eigenvalue weighted by Gasteiger charge is -2.36. The second-order valence-electron chi connectivity index (χ2n) is 5.35. The van der Waals surface area contributed by atoms with Crippen molar-refractivity contribution in [1.82, 2.24) is 10.2 Å². The van der Waals surface area contributed by atoms with Gasteiger partial charge >= 0.3 is 0 Å². The fourth-order valence-electron chi connectivity index (χ4n) is 2.84. The third-order valence-corrected chi connectivity index (χ3v) is 3.64. The van der Waals surface area contributed by atoms with Crippen molar-refractivity contribution >= 4 is 0 Å². The molecule has 0 aliphatic carbocycles. The fraction of sp³-hybridized carbons (Fsp3) is 1.00. The van der Waals surface area contributed by atoms with Crippen molar-refractivity contribution in [3.05, 3.63) is 0 Å². The SMILES string of the molecule is CCC(C)N1CC(CNC)CC1(C)C. The summed E-state index contributed by atoms with van der Waals surface area (Å²) in [5.74, 6) is 0.837. The monoisotopic (exact) mass is 198 g/mol. The number of nitrogens with zero attached hydrogens (tertiary/aromatic N) is 1. The van der Waals surface area contributed by atoms with E-state index in [0.29, 0.717) is 5.54 Å². The van der Waals surface area contributed by atoms with Crippen molar-refractivity contribution in [3.63, 3.8) is 0 Å². The molecule has 0 radical (unpaired) electrons. The van der Waals surface area contributed by atoms with Crippen LogP contribution in [0.1, 0.15) is 40.5 Å². The van der Waals surface area contributed by atoms with E-state index in [0.717, 1.165) is 18.5 Å². The van der Waals surface area contributed by atoms with E-state index < -0.39 is 0 Å². The van der Waals surface area contributed by atoms with Crippen LogP contribution >= 0.6 is 0 Å². The van der Waals surface area contributed by atoms with Gasteiger partial charge in [-0.25, -0.2) is 0 Å². The minimum atomic E-state index is 0.400. The van der Waals surface area contributed by atoms with E-state index in [2.05, 4.69) is 45.0 Å². The Morgan fingerprint density at radius 3 is 2.64 bits per heavy atom. The maximum absolute atomic E-state index is 3.30. The second-order valence-corrected chi connectivity index (χ2v) is 5.35. The van der Waals surface area contributed by atoms with Crippen LogP contribution in [-0.4, -0.2) is 36.6 Å². The Hall–Kier alpha value is -0.0800. The molecule has 1 aliphatic rings. The van der Waals surface area contributed by atoms with Crippen molar-refractivity contribution in [1.29, 1.82) is 0 Å². The molecule has 0 bridgehead atoms. The summed E-state index contributed by atoms with van der Waals surface area (Å²) >= 11 is 0. The molecule has 1 N–H and O–H groups in total. The maximum atomic E-state index is 3.30. The van der Waals surface area contributed by atoms with Crippen LogP contribution in [0, 0.1) is 5.92 Å². The van der Waals surface area contributed by atoms with Crippen LogP contribution in [0.15, 0.2) is 0 Å². The molecule has 1 fully saturated rings. The molecule has 1 heterocycles. The summed E-state index contributed by atoms with van der Waals surface area (Å²) in [6.07, 6.45) is 2.59. The summed E-state index contributed by atoms with van der Waals surface area (Å²) in [5.41, 5.74) is 0.400. The molecule has 2 nitrogen and oxygen atoms in total. The molecule has 0 saturated carbocycles. The summed E-state index contributed by atoms with van der Waals surface area (Å²) in [5, 5.41) is 3.30. The number of nitrogens with one attached hydrogen (secondary N) is 1. The van der Waals surface area contributed by atoms with Crippen molar-refractivity contribution in [2.45, 2.75) is 52.1 Å². The summed E-state index contributed by atoms with van der Waals surface area (Å²) in [6, 6.07) is 0.729. The van der Waals surface area contributed by atoms with Gasteiger partial charge in [-0.15, -0.1) is 0 Å². The van der Waals surface area contributed by atoms with Gasteiger partial charge in [0.15, 0.2) is 0 Å². The molecule has 0 aromatic carbocycles. The van der Waals surface area contributed by atoms with Crippen LogP contribution in [-0.2, 0) is 0 Å². The average molecular weight is 198 g/mol. The molecule has 0 aromatic heterocycles.